The van der Waals surface area contributed by atoms with Gasteiger partial charge in [-0.15, -0.1) is 0 Å². The molecule has 6 aromatic rings. The van der Waals surface area contributed by atoms with Crippen molar-refractivity contribution in [3.63, 3.8) is 0 Å². The number of fused-ring (bicyclic) bond motifs is 2. The average Bonchev–Trinajstić information content (AvgIpc) is 4.21. The van der Waals surface area contributed by atoms with Gasteiger partial charge < -0.3 is 49.3 Å². The molecule has 0 aliphatic carbocycles. The van der Waals surface area contributed by atoms with Gasteiger partial charge in [-0.3, -0.25) is 9.59 Å². The minimum atomic E-state index is -0.772. The Morgan fingerprint density at radius 2 is 1.16 bits per heavy atom. The summed E-state index contributed by atoms with van der Waals surface area (Å²) in [5, 5.41) is 5.38. The number of carbonyl (C=O) groups is 4. The fraction of sp³-hybridized carbons (Fsp3) is 0.434. The highest BCUT2D eigenvalue weighted by atomic mass is 16.5. The van der Waals surface area contributed by atoms with E-state index in [2.05, 4.69) is 95.1 Å². The van der Waals surface area contributed by atoms with Gasteiger partial charge in [0, 0.05) is 53.4 Å². The Morgan fingerprint density at radius 1 is 0.652 bits per heavy atom. The second-order valence-corrected chi connectivity index (χ2v) is 18.0. The fourth-order valence-electron chi connectivity index (χ4n) is 9.94. The Balaban J connectivity index is 0.995. The number of aromatic amines is 2. The monoisotopic (exact) mass is 940 g/mol. The largest absolute Gasteiger partial charge is 0.453 e. The van der Waals surface area contributed by atoms with Crippen molar-refractivity contribution in [2.75, 3.05) is 54.7 Å². The number of ether oxygens (including phenoxy) is 4. The molecule has 69 heavy (non-hydrogen) atoms. The van der Waals surface area contributed by atoms with Gasteiger partial charge in [0.05, 0.1) is 48.4 Å². The van der Waals surface area contributed by atoms with Gasteiger partial charge in [0.2, 0.25) is 11.8 Å². The van der Waals surface area contributed by atoms with Crippen LogP contribution in [0, 0.1) is 6.92 Å². The van der Waals surface area contributed by atoms with E-state index in [0.29, 0.717) is 39.1 Å². The highest BCUT2D eigenvalue weighted by Crippen LogP contribution is 2.36. The first-order chi connectivity index (χ1) is 33.5. The van der Waals surface area contributed by atoms with Gasteiger partial charge in [-0.1, -0.05) is 61.0 Å². The number of nitrogens with zero attached hydrogens (tertiary/aromatic N) is 4. The number of amides is 4. The average molecular weight is 941 g/mol. The molecule has 0 saturated carbocycles. The van der Waals surface area contributed by atoms with Gasteiger partial charge in [0.15, 0.2) is 0 Å². The number of carbonyl (C=O) groups excluding carboxylic acids is 4. The van der Waals surface area contributed by atoms with Crippen LogP contribution < -0.4 is 10.6 Å². The van der Waals surface area contributed by atoms with Gasteiger partial charge in [-0.25, -0.2) is 19.6 Å². The van der Waals surface area contributed by atoms with Crippen LogP contribution in [-0.2, 0) is 47.8 Å². The van der Waals surface area contributed by atoms with E-state index >= 15 is 0 Å². The lowest BCUT2D eigenvalue weighted by Crippen LogP contribution is -2.49. The summed E-state index contributed by atoms with van der Waals surface area (Å²) in [7, 11) is 5.70. The van der Waals surface area contributed by atoms with Crippen LogP contribution in [0.15, 0.2) is 72.8 Å². The molecule has 2 aliphatic heterocycles. The van der Waals surface area contributed by atoms with Crippen LogP contribution in [0.2, 0.25) is 0 Å². The van der Waals surface area contributed by atoms with Crippen LogP contribution >= 0.6 is 0 Å². The minimum absolute atomic E-state index is 0.181. The third-order valence-corrected chi connectivity index (χ3v) is 13.6. The molecule has 2 fully saturated rings. The second kappa shape index (κ2) is 22.1. The maximum atomic E-state index is 13.8. The standard InChI is InChI=1S/C53H64N8O8/c1-7-34-16-13-33(29-39(34)37-19-21-41-45(31-37)57-49(55-41)47-11-9-25-61(47)51(63)43(23-27-67-4)59-53(65)69-6)14-17-35-15-12-32(2)28-38(35)36-18-20-40-44(30-36)56-48(54-40)46-10-8-24-60(46)50(62)42(22-26-66-3)58-52(64)68-5/h12-13,15-16,18-21,28-31,42-43,46-47H,7-11,14,17,22-27H2,1-6H3,(H,54,56)(H,55,57)(H,58,64)(H,59,65)/t42-,43-,46-,47-/m0/s1. The summed E-state index contributed by atoms with van der Waals surface area (Å²) < 4.78 is 20.1. The Hall–Kier alpha value is -6.78. The Labute approximate surface area is 402 Å². The van der Waals surface area contributed by atoms with Crippen molar-refractivity contribution in [3.05, 3.63) is 107 Å². The summed E-state index contributed by atoms with van der Waals surface area (Å²) in [5.41, 5.74) is 12.9. The minimum Gasteiger partial charge on any atom is -0.453 e. The number of hydrogen-bond donors (Lipinski definition) is 4. The fourth-order valence-corrected chi connectivity index (χ4v) is 9.94. The molecule has 4 heterocycles. The Bertz CT molecular complexity index is 2800. The SMILES string of the molecule is CCc1ccc(CCc2ccc(C)cc2-c2ccc3nc([C@@H]4CCCN4C(=O)[C@H](CCOC)NC(=O)OC)[nH]c3c2)cc1-c1ccc2nc([C@@H]3CCCN3C(=O)[C@H](CCOC)NC(=O)OC)[nH]c2c1. The number of rotatable bonds is 18. The van der Waals surface area contributed by atoms with Crippen LogP contribution in [0.3, 0.4) is 0 Å². The third-order valence-electron chi connectivity index (χ3n) is 13.6. The van der Waals surface area contributed by atoms with Crippen LogP contribution in [0.1, 0.15) is 91.4 Å². The summed E-state index contributed by atoms with van der Waals surface area (Å²) in [4.78, 5) is 72.5. The molecule has 0 radical (unpaired) electrons. The first kappa shape index (κ1) is 48.7. The number of benzene rings is 4. The molecule has 0 unspecified atom stereocenters. The van der Waals surface area contributed by atoms with E-state index in [1.807, 2.05) is 21.9 Å². The third kappa shape index (κ3) is 10.9. The molecular weight excluding hydrogens is 877 g/mol. The van der Waals surface area contributed by atoms with Gasteiger partial charge >= 0.3 is 12.2 Å². The van der Waals surface area contributed by atoms with Crippen LogP contribution in [0.5, 0.6) is 0 Å². The number of aromatic nitrogens is 4. The number of H-pyrrole nitrogens is 2. The van der Waals surface area contributed by atoms with Crippen molar-refractivity contribution in [1.29, 1.82) is 0 Å². The molecule has 4 N–H and O–H groups in total. The van der Waals surface area contributed by atoms with Crippen molar-refractivity contribution in [2.24, 2.45) is 0 Å². The maximum Gasteiger partial charge on any atom is 0.407 e. The van der Waals surface area contributed by atoms with Crippen molar-refractivity contribution in [3.8, 4) is 22.3 Å². The zero-order chi connectivity index (χ0) is 48.6. The van der Waals surface area contributed by atoms with Crippen LogP contribution in [0.25, 0.3) is 44.3 Å². The Morgan fingerprint density at radius 3 is 1.65 bits per heavy atom. The van der Waals surface area contributed by atoms with Crippen LogP contribution in [-0.4, -0.2) is 121 Å². The first-order valence-corrected chi connectivity index (χ1v) is 24.0. The molecule has 16 nitrogen and oxygen atoms in total. The van der Waals surface area contributed by atoms with E-state index in [1.54, 1.807) is 14.2 Å². The molecule has 4 atom stereocenters. The second-order valence-electron chi connectivity index (χ2n) is 18.0. The highest BCUT2D eigenvalue weighted by molar-refractivity contribution is 5.88. The zero-order valence-corrected chi connectivity index (χ0v) is 40.5. The topological polar surface area (TPSA) is 193 Å². The first-order valence-electron chi connectivity index (χ1n) is 24.0. The van der Waals surface area contributed by atoms with E-state index in [-0.39, 0.29) is 23.9 Å². The van der Waals surface area contributed by atoms with Crippen molar-refractivity contribution in [2.45, 2.75) is 95.8 Å². The van der Waals surface area contributed by atoms with Crippen molar-refractivity contribution in [1.82, 2.24) is 40.4 Å². The molecule has 2 saturated heterocycles. The summed E-state index contributed by atoms with van der Waals surface area (Å²) in [6.07, 6.45) is 5.06. The molecular formula is C53H64N8O8. The summed E-state index contributed by atoms with van der Waals surface area (Å²) >= 11 is 0. The molecule has 0 bridgehead atoms. The zero-order valence-electron chi connectivity index (χ0n) is 40.5. The van der Waals surface area contributed by atoms with E-state index in [9.17, 15) is 19.2 Å². The summed E-state index contributed by atoms with van der Waals surface area (Å²) in [6.45, 7) is 6.06. The smallest absolute Gasteiger partial charge is 0.407 e. The van der Waals surface area contributed by atoms with E-state index in [1.165, 1.54) is 47.6 Å². The molecule has 0 spiro atoms. The van der Waals surface area contributed by atoms with Crippen molar-refractivity contribution >= 4 is 46.1 Å². The molecule has 2 aromatic heterocycles. The lowest BCUT2D eigenvalue weighted by molar-refractivity contribution is -0.135. The van der Waals surface area contributed by atoms with Gasteiger partial charge in [0.25, 0.3) is 0 Å². The summed E-state index contributed by atoms with van der Waals surface area (Å²) in [6, 6.07) is 24.1. The van der Waals surface area contributed by atoms with E-state index in [0.717, 1.165) is 89.8 Å². The molecule has 8 rings (SSSR count). The number of nitrogens with one attached hydrogen (secondary N) is 4. The van der Waals surface area contributed by atoms with E-state index < -0.39 is 24.3 Å². The maximum absolute atomic E-state index is 13.8. The molecule has 4 amide bonds. The normalized spacial score (nSPS) is 16.8. The number of likely N-dealkylation sites (tertiary alicyclic amines) is 2. The lowest BCUT2D eigenvalue weighted by atomic mass is 9.91. The Kier molecular flexibility index (Phi) is 15.6. The van der Waals surface area contributed by atoms with Gasteiger partial charge in [-0.2, -0.15) is 0 Å². The highest BCUT2D eigenvalue weighted by Gasteiger charge is 2.38. The number of alkyl carbamates (subject to hydrolysis) is 2. The predicted octanol–water partition coefficient (Wildman–Crippen LogP) is 8.28. The van der Waals surface area contributed by atoms with Gasteiger partial charge in [0.1, 0.15) is 23.7 Å². The van der Waals surface area contributed by atoms with Gasteiger partial charge in [-0.05, 0) is 115 Å². The number of aryl methyl sites for hydroxylation is 4. The lowest BCUT2D eigenvalue weighted by Gasteiger charge is -2.28. The number of imidazole rings is 2. The predicted molar refractivity (Wildman–Crippen MR) is 264 cm³/mol. The molecule has 364 valence electrons. The number of hydrogen-bond acceptors (Lipinski definition) is 10. The van der Waals surface area contributed by atoms with Crippen LogP contribution in [0.4, 0.5) is 9.59 Å². The molecule has 16 heteroatoms. The van der Waals surface area contributed by atoms with Crippen molar-refractivity contribution < 1.29 is 38.1 Å². The molecule has 2 aliphatic rings. The molecule has 4 aromatic carbocycles. The number of methoxy groups -OCH3 is 4. The van der Waals surface area contributed by atoms with E-state index in [4.69, 9.17) is 28.9 Å². The quantitative estimate of drug-likeness (QED) is 0.0652. The summed E-state index contributed by atoms with van der Waals surface area (Å²) in [5.74, 6) is 1.09.